The van der Waals surface area contributed by atoms with Crippen LogP contribution in [0, 0.1) is 23.7 Å². The summed E-state index contributed by atoms with van der Waals surface area (Å²) in [4.78, 5) is 0. The first-order valence-corrected chi connectivity index (χ1v) is 3.80. The van der Waals surface area contributed by atoms with E-state index in [1.54, 1.807) is 0 Å². The second-order valence-electron chi connectivity index (χ2n) is 3.21. The van der Waals surface area contributed by atoms with Gasteiger partial charge in [0.1, 0.15) is 0 Å². The average molecular weight is 139 g/mol. The molecule has 0 rings (SSSR count). The summed E-state index contributed by atoms with van der Waals surface area (Å²) in [6.45, 7) is 8.30. The van der Waals surface area contributed by atoms with Crippen LogP contribution in [0.4, 0.5) is 0 Å². The zero-order valence-corrected chi connectivity index (χ0v) is 7.31. The molecule has 1 nitrogen and oxygen atoms in total. The topological polar surface area (TPSA) is 26.0 Å². The number of hydrogen-bond acceptors (Lipinski definition) is 1. The zero-order chi connectivity index (χ0) is 8.15. The van der Waals surface area contributed by atoms with Crippen molar-refractivity contribution in [1.29, 1.82) is 0 Å². The first kappa shape index (κ1) is 9.52. The molecule has 0 radical (unpaired) electrons. The second kappa shape index (κ2) is 4.35. The first-order valence-electron chi connectivity index (χ1n) is 3.80. The third kappa shape index (κ3) is 4.40. The monoisotopic (exact) mass is 139 g/mol. The molecule has 1 unspecified atom stereocenters. The van der Waals surface area contributed by atoms with Gasteiger partial charge < -0.3 is 5.73 Å². The molecule has 0 aromatic heterocycles. The molecule has 0 saturated heterocycles. The fraction of sp³-hybridized carbons (Fsp3) is 0.778. The summed E-state index contributed by atoms with van der Waals surface area (Å²) in [7, 11) is 0. The Kier molecular flexibility index (Phi) is 4.14. The molecule has 2 N–H and O–H groups in total. The van der Waals surface area contributed by atoms with Gasteiger partial charge in [-0.3, -0.25) is 0 Å². The maximum Gasteiger partial charge on any atom is 0.0687 e. The van der Waals surface area contributed by atoms with Crippen molar-refractivity contribution in [3.63, 3.8) is 0 Å². The molecule has 0 heterocycles. The van der Waals surface area contributed by atoms with Crippen molar-refractivity contribution in [2.45, 2.75) is 33.7 Å². The van der Waals surface area contributed by atoms with E-state index in [9.17, 15) is 0 Å². The fourth-order valence-electron chi connectivity index (χ4n) is 0.430. The summed E-state index contributed by atoms with van der Waals surface area (Å²) < 4.78 is 0. The molecule has 58 valence electrons. The van der Waals surface area contributed by atoms with E-state index >= 15 is 0 Å². The molecule has 0 spiro atoms. The van der Waals surface area contributed by atoms with E-state index in [0.717, 1.165) is 0 Å². The van der Waals surface area contributed by atoms with Crippen molar-refractivity contribution in [3.8, 4) is 11.8 Å². The van der Waals surface area contributed by atoms with Crippen LogP contribution in [-0.2, 0) is 0 Å². The molecular formula is C9H17N. The Morgan fingerprint density at radius 2 is 1.50 bits per heavy atom. The lowest BCUT2D eigenvalue weighted by Crippen LogP contribution is -2.24. The molecule has 0 bridgehead atoms. The Morgan fingerprint density at radius 1 is 1.00 bits per heavy atom. The molecule has 0 fully saturated rings. The Bertz CT molecular complexity index is 137. The van der Waals surface area contributed by atoms with Crippen LogP contribution in [0.2, 0.25) is 0 Å². The van der Waals surface area contributed by atoms with Crippen molar-refractivity contribution < 1.29 is 0 Å². The minimum Gasteiger partial charge on any atom is -0.317 e. The van der Waals surface area contributed by atoms with Crippen LogP contribution in [0.15, 0.2) is 0 Å². The summed E-state index contributed by atoms with van der Waals surface area (Å²) >= 11 is 0. The highest BCUT2D eigenvalue weighted by atomic mass is 14.6. The summed E-state index contributed by atoms with van der Waals surface area (Å²) in [5.41, 5.74) is 5.69. The Balaban J connectivity index is 3.80. The predicted molar refractivity (Wildman–Crippen MR) is 45.4 cm³/mol. The van der Waals surface area contributed by atoms with Gasteiger partial charge in [-0.25, -0.2) is 0 Å². The maximum absolute atomic E-state index is 5.69. The Labute approximate surface area is 64.0 Å². The maximum atomic E-state index is 5.69. The van der Waals surface area contributed by atoms with Crippen molar-refractivity contribution in [1.82, 2.24) is 0 Å². The third-order valence-corrected chi connectivity index (χ3v) is 1.26. The van der Waals surface area contributed by atoms with E-state index in [4.69, 9.17) is 5.73 Å². The lowest BCUT2D eigenvalue weighted by Gasteiger charge is -2.06. The molecule has 10 heavy (non-hydrogen) atoms. The quantitative estimate of drug-likeness (QED) is 0.549. The van der Waals surface area contributed by atoms with Gasteiger partial charge in [-0.1, -0.05) is 39.5 Å². The van der Waals surface area contributed by atoms with E-state index in [2.05, 4.69) is 39.5 Å². The molecule has 0 aromatic carbocycles. The van der Waals surface area contributed by atoms with Crippen LogP contribution in [-0.4, -0.2) is 6.04 Å². The molecule has 0 amide bonds. The van der Waals surface area contributed by atoms with Crippen molar-refractivity contribution in [3.05, 3.63) is 0 Å². The highest BCUT2D eigenvalue weighted by Crippen LogP contribution is 1.96. The number of nitrogens with two attached hydrogens (primary N) is 1. The molecule has 0 aromatic rings. The lowest BCUT2D eigenvalue weighted by molar-refractivity contribution is 0.583. The van der Waals surface area contributed by atoms with Crippen molar-refractivity contribution in [2.24, 2.45) is 17.6 Å². The van der Waals surface area contributed by atoms with Crippen LogP contribution in [0.1, 0.15) is 27.7 Å². The number of hydrogen-bond donors (Lipinski definition) is 1. The predicted octanol–water partition coefficient (Wildman–Crippen LogP) is 1.63. The molecule has 0 aliphatic carbocycles. The van der Waals surface area contributed by atoms with E-state index in [1.807, 2.05) is 0 Å². The molecule has 0 saturated carbocycles. The summed E-state index contributed by atoms with van der Waals surface area (Å²) in [5, 5.41) is 0. The molecule has 1 atom stereocenters. The van der Waals surface area contributed by atoms with E-state index < -0.39 is 0 Å². The Hall–Kier alpha value is -0.480. The second-order valence-corrected chi connectivity index (χ2v) is 3.21. The van der Waals surface area contributed by atoms with Gasteiger partial charge in [-0.15, -0.1) is 0 Å². The smallest absolute Gasteiger partial charge is 0.0687 e. The summed E-state index contributed by atoms with van der Waals surface area (Å²) in [6, 6.07) is 0.0439. The normalized spacial score (nSPS) is 13.1. The van der Waals surface area contributed by atoms with Crippen LogP contribution < -0.4 is 5.73 Å². The van der Waals surface area contributed by atoms with Crippen molar-refractivity contribution in [2.75, 3.05) is 0 Å². The highest BCUT2D eigenvalue weighted by Gasteiger charge is 2.01. The standard InChI is InChI=1S/C9H17N/c1-7(2)5-6-9(10)8(3)4/h7-9H,10H2,1-4H3. The average Bonchev–Trinajstić information content (AvgIpc) is 1.82. The van der Waals surface area contributed by atoms with Gasteiger partial charge in [0, 0.05) is 5.92 Å². The van der Waals surface area contributed by atoms with E-state index in [0.29, 0.717) is 11.8 Å². The van der Waals surface area contributed by atoms with Gasteiger partial charge >= 0.3 is 0 Å². The van der Waals surface area contributed by atoms with Gasteiger partial charge in [0.25, 0.3) is 0 Å². The van der Waals surface area contributed by atoms with E-state index in [-0.39, 0.29) is 6.04 Å². The fourth-order valence-corrected chi connectivity index (χ4v) is 0.430. The van der Waals surface area contributed by atoms with Crippen molar-refractivity contribution >= 4 is 0 Å². The van der Waals surface area contributed by atoms with Crippen LogP contribution in [0.25, 0.3) is 0 Å². The summed E-state index contributed by atoms with van der Waals surface area (Å²) in [5.74, 6) is 6.96. The van der Waals surface area contributed by atoms with Gasteiger partial charge in [0.2, 0.25) is 0 Å². The first-order chi connectivity index (χ1) is 4.54. The molecule has 1 heteroatoms. The van der Waals surface area contributed by atoms with Gasteiger partial charge in [0.15, 0.2) is 0 Å². The zero-order valence-electron chi connectivity index (χ0n) is 7.31. The Morgan fingerprint density at radius 3 is 1.80 bits per heavy atom. The van der Waals surface area contributed by atoms with Crippen LogP contribution in [0.3, 0.4) is 0 Å². The minimum absolute atomic E-state index is 0.0439. The van der Waals surface area contributed by atoms with Crippen LogP contribution >= 0.6 is 0 Å². The third-order valence-electron chi connectivity index (χ3n) is 1.26. The van der Waals surface area contributed by atoms with E-state index in [1.165, 1.54) is 0 Å². The van der Waals surface area contributed by atoms with Crippen LogP contribution in [0.5, 0.6) is 0 Å². The minimum atomic E-state index is 0.0439. The molecule has 0 aliphatic rings. The van der Waals surface area contributed by atoms with Gasteiger partial charge in [0.05, 0.1) is 6.04 Å². The lowest BCUT2D eigenvalue weighted by atomic mass is 10.1. The molecular weight excluding hydrogens is 122 g/mol. The highest BCUT2D eigenvalue weighted by molar-refractivity contribution is 5.08. The summed E-state index contributed by atoms with van der Waals surface area (Å²) in [6.07, 6.45) is 0. The van der Waals surface area contributed by atoms with Gasteiger partial charge in [-0.05, 0) is 5.92 Å². The SMILES string of the molecule is CC(C)C#CC(N)C(C)C. The number of rotatable bonds is 1. The molecule has 0 aliphatic heterocycles. The largest absolute Gasteiger partial charge is 0.317 e. The van der Waals surface area contributed by atoms with Gasteiger partial charge in [-0.2, -0.15) is 0 Å².